The van der Waals surface area contributed by atoms with E-state index in [1.54, 1.807) is 31.2 Å². The standard InChI is InChI=1S/C15H17N3O4/c1-10(14(21)16-8-4-7-13(19)20)18-9-17-12-6-3-2-5-11(12)15(18)22/h2-3,5-6,9-10H,4,7-8H2,1H3,(H,16,21)(H,19,20)/p-1/t10-/m0/s1. The predicted octanol–water partition coefficient (Wildman–Crippen LogP) is -0.396. The number of carbonyl (C=O) groups is 2. The summed E-state index contributed by atoms with van der Waals surface area (Å²) in [4.78, 5) is 38.8. The van der Waals surface area contributed by atoms with E-state index >= 15 is 0 Å². The van der Waals surface area contributed by atoms with Crippen LogP contribution in [0.5, 0.6) is 0 Å². The summed E-state index contributed by atoms with van der Waals surface area (Å²) in [6, 6.07) is 6.18. The van der Waals surface area contributed by atoms with Crippen LogP contribution < -0.4 is 16.0 Å². The first-order valence-corrected chi connectivity index (χ1v) is 6.94. The third kappa shape index (κ3) is 3.49. The number of hydrogen-bond acceptors (Lipinski definition) is 5. The molecule has 0 saturated heterocycles. The van der Waals surface area contributed by atoms with E-state index in [-0.39, 0.29) is 30.9 Å². The molecule has 1 heterocycles. The maximum absolute atomic E-state index is 12.4. The maximum Gasteiger partial charge on any atom is 0.261 e. The molecule has 0 aliphatic heterocycles. The molecule has 0 fully saturated rings. The molecule has 1 aromatic heterocycles. The van der Waals surface area contributed by atoms with Crippen LogP contribution in [-0.4, -0.2) is 28.0 Å². The van der Waals surface area contributed by atoms with Crippen LogP contribution in [0.25, 0.3) is 10.9 Å². The second kappa shape index (κ2) is 6.84. The zero-order chi connectivity index (χ0) is 16.1. The van der Waals surface area contributed by atoms with Crippen molar-refractivity contribution < 1.29 is 14.7 Å². The number of fused-ring (bicyclic) bond motifs is 1. The molecule has 2 aromatic rings. The molecule has 22 heavy (non-hydrogen) atoms. The van der Waals surface area contributed by atoms with Gasteiger partial charge in [-0.3, -0.25) is 14.2 Å². The lowest BCUT2D eigenvalue weighted by Gasteiger charge is -2.15. The van der Waals surface area contributed by atoms with Gasteiger partial charge in [-0.1, -0.05) is 12.1 Å². The van der Waals surface area contributed by atoms with Crippen LogP contribution in [0.3, 0.4) is 0 Å². The van der Waals surface area contributed by atoms with Crippen molar-refractivity contribution in [2.45, 2.75) is 25.8 Å². The predicted molar refractivity (Wildman–Crippen MR) is 78.0 cm³/mol. The molecule has 116 valence electrons. The van der Waals surface area contributed by atoms with E-state index < -0.39 is 12.0 Å². The van der Waals surface area contributed by atoms with Gasteiger partial charge in [-0.25, -0.2) is 4.98 Å². The number of nitrogens with one attached hydrogen (secondary N) is 1. The molecule has 1 atom stereocenters. The lowest BCUT2D eigenvalue weighted by Crippen LogP contribution is -2.36. The van der Waals surface area contributed by atoms with E-state index in [1.807, 2.05) is 0 Å². The quantitative estimate of drug-likeness (QED) is 0.731. The fourth-order valence-electron chi connectivity index (χ4n) is 2.08. The number of carboxylic acids is 1. The topological polar surface area (TPSA) is 104 Å². The molecular weight excluding hydrogens is 286 g/mol. The average molecular weight is 302 g/mol. The highest BCUT2D eigenvalue weighted by Gasteiger charge is 2.16. The van der Waals surface area contributed by atoms with Gasteiger partial charge in [0.1, 0.15) is 6.04 Å². The van der Waals surface area contributed by atoms with Gasteiger partial charge in [0.15, 0.2) is 0 Å². The average Bonchev–Trinajstić information content (AvgIpc) is 2.51. The van der Waals surface area contributed by atoms with Crippen molar-refractivity contribution in [3.8, 4) is 0 Å². The molecule has 1 N–H and O–H groups in total. The number of carboxylic acid groups (broad SMARTS) is 1. The number of rotatable bonds is 6. The van der Waals surface area contributed by atoms with Crippen molar-refractivity contribution in [2.24, 2.45) is 0 Å². The SMILES string of the molecule is C[C@@H](C(=O)NCCCC(=O)[O-])n1cnc2ccccc2c1=O. The van der Waals surface area contributed by atoms with E-state index in [9.17, 15) is 19.5 Å². The molecule has 0 saturated carbocycles. The number of amides is 1. The van der Waals surface area contributed by atoms with E-state index in [4.69, 9.17) is 0 Å². The second-order valence-corrected chi connectivity index (χ2v) is 4.92. The van der Waals surface area contributed by atoms with Gasteiger partial charge in [0.2, 0.25) is 5.91 Å². The van der Waals surface area contributed by atoms with E-state index in [0.29, 0.717) is 10.9 Å². The Morgan fingerprint density at radius 3 is 2.82 bits per heavy atom. The van der Waals surface area contributed by atoms with Gasteiger partial charge in [0.25, 0.3) is 5.56 Å². The Balaban J connectivity index is 2.10. The monoisotopic (exact) mass is 302 g/mol. The number of benzene rings is 1. The maximum atomic E-state index is 12.4. The normalized spacial score (nSPS) is 12.0. The first kappa shape index (κ1) is 15.7. The molecule has 2 rings (SSSR count). The Labute approximate surface area is 126 Å². The zero-order valence-corrected chi connectivity index (χ0v) is 12.1. The van der Waals surface area contributed by atoms with Crippen molar-refractivity contribution in [3.05, 3.63) is 40.9 Å². The van der Waals surface area contributed by atoms with Crippen LogP contribution in [0.4, 0.5) is 0 Å². The van der Waals surface area contributed by atoms with Gasteiger partial charge in [-0.15, -0.1) is 0 Å². The number of hydrogen-bond donors (Lipinski definition) is 1. The molecule has 7 nitrogen and oxygen atoms in total. The molecule has 0 spiro atoms. The Bertz CT molecular complexity index is 754. The largest absolute Gasteiger partial charge is 0.550 e. The third-order valence-corrected chi connectivity index (χ3v) is 3.34. The summed E-state index contributed by atoms with van der Waals surface area (Å²) in [6.45, 7) is 1.80. The molecule has 1 amide bonds. The molecular formula is C15H16N3O4-. The first-order valence-electron chi connectivity index (χ1n) is 6.94. The minimum atomic E-state index is -1.16. The van der Waals surface area contributed by atoms with Gasteiger partial charge in [-0.05, 0) is 31.9 Å². The first-order chi connectivity index (χ1) is 10.5. The Kier molecular flexibility index (Phi) is 4.88. The van der Waals surface area contributed by atoms with E-state index in [0.717, 1.165) is 0 Å². The van der Waals surface area contributed by atoms with Crippen molar-refractivity contribution >= 4 is 22.8 Å². The number of aromatic nitrogens is 2. The van der Waals surface area contributed by atoms with Crippen molar-refractivity contribution in [3.63, 3.8) is 0 Å². The second-order valence-electron chi connectivity index (χ2n) is 4.92. The molecule has 0 unspecified atom stereocenters. The Morgan fingerprint density at radius 1 is 1.36 bits per heavy atom. The van der Waals surface area contributed by atoms with Gasteiger partial charge in [0, 0.05) is 12.5 Å². The highest BCUT2D eigenvalue weighted by molar-refractivity contribution is 5.81. The Hall–Kier alpha value is -2.70. The van der Waals surface area contributed by atoms with Crippen LogP contribution in [0.15, 0.2) is 35.4 Å². The number of aliphatic carboxylic acids is 1. The summed E-state index contributed by atoms with van der Waals surface area (Å²) in [6.07, 6.45) is 1.51. The highest BCUT2D eigenvalue weighted by atomic mass is 16.4. The summed E-state index contributed by atoms with van der Waals surface area (Å²) in [5.41, 5.74) is 0.285. The molecule has 7 heteroatoms. The fourth-order valence-corrected chi connectivity index (χ4v) is 2.08. The smallest absolute Gasteiger partial charge is 0.261 e. The minimum Gasteiger partial charge on any atom is -0.550 e. The van der Waals surface area contributed by atoms with Crippen molar-refractivity contribution in [1.82, 2.24) is 14.9 Å². The van der Waals surface area contributed by atoms with E-state index in [2.05, 4.69) is 10.3 Å². The summed E-state index contributed by atoms with van der Waals surface area (Å²) < 4.78 is 1.26. The van der Waals surface area contributed by atoms with Gasteiger partial charge in [-0.2, -0.15) is 0 Å². The fraction of sp³-hybridized carbons (Fsp3) is 0.333. The summed E-state index contributed by atoms with van der Waals surface area (Å²) in [7, 11) is 0. The number of para-hydroxylation sites is 1. The van der Waals surface area contributed by atoms with Crippen molar-refractivity contribution in [1.29, 1.82) is 0 Å². The van der Waals surface area contributed by atoms with Crippen LogP contribution in [0.1, 0.15) is 25.8 Å². The van der Waals surface area contributed by atoms with Crippen LogP contribution >= 0.6 is 0 Å². The van der Waals surface area contributed by atoms with Crippen LogP contribution in [0.2, 0.25) is 0 Å². The molecule has 0 bridgehead atoms. The van der Waals surface area contributed by atoms with Crippen LogP contribution in [0, 0.1) is 0 Å². The molecule has 0 aliphatic carbocycles. The highest BCUT2D eigenvalue weighted by Crippen LogP contribution is 2.08. The molecule has 0 radical (unpaired) electrons. The number of nitrogens with zero attached hydrogens (tertiary/aromatic N) is 2. The van der Waals surface area contributed by atoms with Gasteiger partial charge >= 0.3 is 0 Å². The lowest BCUT2D eigenvalue weighted by molar-refractivity contribution is -0.305. The number of carbonyl (C=O) groups excluding carboxylic acids is 2. The summed E-state index contributed by atoms with van der Waals surface area (Å²) >= 11 is 0. The van der Waals surface area contributed by atoms with Gasteiger partial charge < -0.3 is 15.2 Å². The minimum absolute atomic E-state index is 0.119. The summed E-state index contributed by atoms with van der Waals surface area (Å²) in [5, 5.41) is 13.3. The van der Waals surface area contributed by atoms with Crippen LogP contribution in [-0.2, 0) is 9.59 Å². The zero-order valence-electron chi connectivity index (χ0n) is 12.1. The lowest BCUT2D eigenvalue weighted by atomic mass is 10.2. The molecule has 1 aromatic carbocycles. The Morgan fingerprint density at radius 2 is 2.09 bits per heavy atom. The summed E-state index contributed by atoms with van der Waals surface area (Å²) in [5.74, 6) is -1.52. The van der Waals surface area contributed by atoms with Crippen molar-refractivity contribution in [2.75, 3.05) is 6.54 Å². The van der Waals surface area contributed by atoms with Gasteiger partial charge in [0.05, 0.1) is 17.2 Å². The van der Waals surface area contributed by atoms with E-state index in [1.165, 1.54) is 10.9 Å². The third-order valence-electron chi connectivity index (χ3n) is 3.34. The molecule has 0 aliphatic rings.